The highest BCUT2D eigenvalue weighted by Crippen LogP contribution is 2.36. The number of nitrogens with zero attached hydrogens (tertiary/aromatic N) is 8. The summed E-state index contributed by atoms with van der Waals surface area (Å²) in [7, 11) is 0. The number of anilines is 1. The fourth-order valence-electron chi connectivity index (χ4n) is 2.86. The van der Waals surface area contributed by atoms with E-state index in [2.05, 4.69) is 29.9 Å². The Balaban J connectivity index is 1.78. The van der Waals surface area contributed by atoms with Crippen molar-refractivity contribution in [3.8, 4) is 0 Å². The molecule has 24 heavy (non-hydrogen) atoms. The van der Waals surface area contributed by atoms with Crippen LogP contribution in [0.5, 0.6) is 0 Å². The number of ether oxygens (including phenoxy) is 1. The van der Waals surface area contributed by atoms with Crippen LogP contribution in [0.4, 0.5) is 11.8 Å². The van der Waals surface area contributed by atoms with Crippen molar-refractivity contribution in [2.75, 3.05) is 25.4 Å². The second kappa shape index (κ2) is 5.54. The van der Waals surface area contributed by atoms with E-state index >= 15 is 0 Å². The highest BCUT2D eigenvalue weighted by molar-refractivity contribution is 5.83. The number of aromatic nitrogens is 4. The van der Waals surface area contributed by atoms with Crippen LogP contribution in [0.3, 0.4) is 0 Å². The summed E-state index contributed by atoms with van der Waals surface area (Å²) in [4.78, 5) is 16.8. The van der Waals surface area contributed by atoms with Crippen molar-refractivity contribution in [1.82, 2.24) is 24.4 Å². The van der Waals surface area contributed by atoms with E-state index in [9.17, 15) is 10.2 Å². The topological polar surface area (TPSA) is 171 Å². The minimum Gasteiger partial charge on any atom is -0.387 e. The number of azide groups is 1. The maximum atomic E-state index is 10.4. The third-order valence-corrected chi connectivity index (χ3v) is 4.19. The molecule has 4 heterocycles. The first-order valence-electron chi connectivity index (χ1n) is 7.37. The number of aliphatic hydroxyl groups excluding tert-OH is 2. The average molecular weight is 333 g/mol. The molecule has 0 amide bonds. The third-order valence-electron chi connectivity index (χ3n) is 4.19. The normalized spacial score (nSPS) is 29.8. The van der Waals surface area contributed by atoms with Crippen molar-refractivity contribution in [1.29, 1.82) is 0 Å². The monoisotopic (exact) mass is 333 g/mol. The molecule has 0 radical (unpaired) electrons. The molecular weight excluding hydrogens is 318 g/mol. The smallest absolute Gasteiger partial charge is 0.201 e. The zero-order chi connectivity index (χ0) is 16.8. The van der Waals surface area contributed by atoms with Crippen LogP contribution in [0.25, 0.3) is 21.6 Å². The molecule has 4 N–H and O–H groups in total. The molecule has 0 bridgehead atoms. The molecule has 0 aliphatic carbocycles. The zero-order valence-corrected chi connectivity index (χ0v) is 12.5. The van der Waals surface area contributed by atoms with Crippen LogP contribution in [0, 0.1) is 0 Å². The molecule has 0 spiro atoms. The highest BCUT2D eigenvalue weighted by atomic mass is 16.6. The second-order valence-corrected chi connectivity index (χ2v) is 5.75. The molecule has 4 unspecified atom stereocenters. The molecule has 4 rings (SSSR count). The molecule has 2 aliphatic rings. The zero-order valence-electron chi connectivity index (χ0n) is 12.5. The maximum absolute atomic E-state index is 10.4. The minimum atomic E-state index is -1.23. The van der Waals surface area contributed by atoms with Crippen LogP contribution in [0.2, 0.25) is 0 Å². The Hall–Kier alpha value is -2.50. The van der Waals surface area contributed by atoms with Crippen molar-refractivity contribution < 1.29 is 14.9 Å². The first-order chi connectivity index (χ1) is 11.6. The van der Waals surface area contributed by atoms with Crippen molar-refractivity contribution >= 4 is 22.9 Å². The molecule has 2 aliphatic heterocycles. The maximum Gasteiger partial charge on any atom is 0.201 e. The van der Waals surface area contributed by atoms with Gasteiger partial charge in [-0.25, -0.2) is 15.0 Å². The molecular formula is C12H15N9O3. The predicted octanol–water partition coefficient (Wildman–Crippen LogP) is -0.715. The molecule has 4 atom stereocenters. The van der Waals surface area contributed by atoms with E-state index in [4.69, 9.17) is 16.0 Å². The fourth-order valence-corrected chi connectivity index (χ4v) is 2.86. The van der Waals surface area contributed by atoms with Gasteiger partial charge in [-0.3, -0.25) is 9.47 Å². The average Bonchev–Trinajstić information content (AvgIpc) is 3.25. The number of nitrogen functional groups attached to an aromatic ring is 1. The van der Waals surface area contributed by atoms with E-state index in [1.807, 2.05) is 0 Å². The van der Waals surface area contributed by atoms with E-state index in [0.717, 1.165) is 13.1 Å². The van der Waals surface area contributed by atoms with Crippen molar-refractivity contribution in [2.24, 2.45) is 5.11 Å². The summed E-state index contributed by atoms with van der Waals surface area (Å²) < 4.78 is 7.15. The summed E-state index contributed by atoms with van der Waals surface area (Å²) >= 11 is 0. The Bertz CT molecular complexity index is 829. The molecule has 2 saturated heterocycles. The van der Waals surface area contributed by atoms with Gasteiger partial charge in [0.15, 0.2) is 23.2 Å². The van der Waals surface area contributed by atoms with Gasteiger partial charge < -0.3 is 20.7 Å². The Morgan fingerprint density at radius 1 is 1.38 bits per heavy atom. The van der Waals surface area contributed by atoms with Crippen molar-refractivity contribution in [3.05, 3.63) is 16.8 Å². The van der Waals surface area contributed by atoms with Gasteiger partial charge >= 0.3 is 0 Å². The standard InChI is InChI=1S/C12H15N9O3/c13-9-6-10(16-4-15-9)21(12(17-6)18-19-14)11-8(23)7(22)5(24-11)3-20-1-2-20/h4-5,7-8,11,22-23H,1-3H2,(H2,13,15,16). The summed E-state index contributed by atoms with van der Waals surface area (Å²) in [5.41, 5.74) is 15.0. The van der Waals surface area contributed by atoms with Gasteiger partial charge in [0.2, 0.25) is 5.95 Å². The van der Waals surface area contributed by atoms with Crippen LogP contribution in [0.1, 0.15) is 6.23 Å². The van der Waals surface area contributed by atoms with Crippen LogP contribution in [-0.2, 0) is 4.74 Å². The van der Waals surface area contributed by atoms with Crippen LogP contribution in [0.15, 0.2) is 11.4 Å². The lowest BCUT2D eigenvalue weighted by atomic mass is 10.1. The first-order valence-corrected chi connectivity index (χ1v) is 7.37. The van der Waals surface area contributed by atoms with E-state index < -0.39 is 24.5 Å². The first kappa shape index (κ1) is 15.1. The SMILES string of the molecule is [N-]=[N+]=Nc1nc2c(N)ncnc2n1C1OC(CN2CC2)C(O)C1O. The molecule has 0 aromatic carbocycles. The predicted molar refractivity (Wildman–Crippen MR) is 80.9 cm³/mol. The molecule has 2 aromatic rings. The van der Waals surface area contributed by atoms with Gasteiger partial charge in [-0.2, -0.15) is 0 Å². The minimum absolute atomic E-state index is 0.0664. The number of imidazole rings is 1. The van der Waals surface area contributed by atoms with Crippen molar-refractivity contribution in [2.45, 2.75) is 24.5 Å². The summed E-state index contributed by atoms with van der Waals surface area (Å²) in [5, 5.41) is 24.2. The third kappa shape index (κ3) is 2.33. The van der Waals surface area contributed by atoms with Gasteiger partial charge in [0.25, 0.3) is 0 Å². The Labute approximate surface area is 135 Å². The van der Waals surface area contributed by atoms with Gasteiger partial charge in [0.1, 0.15) is 24.6 Å². The van der Waals surface area contributed by atoms with Crippen LogP contribution >= 0.6 is 0 Å². The van der Waals surface area contributed by atoms with E-state index in [1.165, 1.54) is 10.9 Å². The molecule has 2 fully saturated rings. The molecule has 126 valence electrons. The largest absolute Gasteiger partial charge is 0.387 e. The van der Waals surface area contributed by atoms with Crippen LogP contribution in [-0.4, -0.2) is 72.6 Å². The van der Waals surface area contributed by atoms with E-state index in [-0.39, 0.29) is 22.9 Å². The van der Waals surface area contributed by atoms with Gasteiger partial charge in [-0.05, 0) is 10.6 Å². The number of nitrogens with two attached hydrogens (primary N) is 1. The summed E-state index contributed by atoms with van der Waals surface area (Å²) in [6.07, 6.45) is -2.63. The lowest BCUT2D eigenvalue weighted by Crippen LogP contribution is -2.35. The van der Waals surface area contributed by atoms with Gasteiger partial charge in [-0.1, -0.05) is 0 Å². The lowest BCUT2D eigenvalue weighted by Gasteiger charge is -2.18. The van der Waals surface area contributed by atoms with Gasteiger partial charge in [0.05, 0.1) is 0 Å². The molecule has 0 saturated carbocycles. The van der Waals surface area contributed by atoms with Crippen molar-refractivity contribution in [3.63, 3.8) is 0 Å². The Morgan fingerprint density at radius 3 is 2.88 bits per heavy atom. The van der Waals surface area contributed by atoms with Gasteiger partial charge in [0, 0.05) is 24.5 Å². The van der Waals surface area contributed by atoms with E-state index in [0.29, 0.717) is 6.54 Å². The number of hydrogen-bond acceptors (Lipinski definition) is 9. The number of rotatable bonds is 4. The number of aliphatic hydroxyl groups is 2. The lowest BCUT2D eigenvalue weighted by molar-refractivity contribution is -0.0365. The summed E-state index contributed by atoms with van der Waals surface area (Å²) in [6, 6.07) is 0. The quantitative estimate of drug-likeness (QED) is 0.285. The van der Waals surface area contributed by atoms with Gasteiger partial charge in [-0.15, -0.1) is 0 Å². The number of hydrogen-bond donors (Lipinski definition) is 3. The highest BCUT2D eigenvalue weighted by Gasteiger charge is 2.46. The van der Waals surface area contributed by atoms with E-state index in [1.54, 1.807) is 0 Å². The Kier molecular flexibility index (Phi) is 3.48. The summed E-state index contributed by atoms with van der Waals surface area (Å²) in [6.45, 7) is 2.39. The van der Waals surface area contributed by atoms with Crippen LogP contribution < -0.4 is 5.73 Å². The molecule has 2 aromatic heterocycles. The molecule has 12 nitrogen and oxygen atoms in total. The Morgan fingerprint density at radius 2 is 2.17 bits per heavy atom. The second-order valence-electron chi connectivity index (χ2n) is 5.75. The fraction of sp³-hybridized carbons (Fsp3) is 0.583. The molecule has 12 heteroatoms. The number of fused-ring (bicyclic) bond motifs is 1. The summed E-state index contributed by atoms with van der Waals surface area (Å²) in [5.74, 6) is 0.0464.